The molecule has 4 atom stereocenters. The van der Waals surface area contributed by atoms with Crippen LogP contribution in [-0.4, -0.2) is 66.1 Å². The van der Waals surface area contributed by atoms with Crippen LogP contribution in [0, 0.1) is 0 Å². The predicted molar refractivity (Wildman–Crippen MR) is 66.4 cm³/mol. The lowest BCUT2D eigenvalue weighted by molar-refractivity contribution is -0.0240. The number of carbonyl (C=O) groups is 1. The molecule has 13 heteroatoms. The number of H-pyrrole nitrogens is 1. The van der Waals surface area contributed by atoms with Gasteiger partial charge in [0.05, 0.1) is 6.61 Å². The summed E-state index contributed by atoms with van der Waals surface area (Å²) in [5.74, 6) is -1.65. The lowest BCUT2D eigenvalue weighted by Crippen LogP contribution is -2.33. The summed E-state index contributed by atoms with van der Waals surface area (Å²) in [6, 6.07) is 0. The molecule has 0 aromatic carbocycles. The van der Waals surface area contributed by atoms with Crippen LogP contribution in [0.1, 0.15) is 22.3 Å². The van der Waals surface area contributed by atoms with Gasteiger partial charge in [0.2, 0.25) is 0 Å². The van der Waals surface area contributed by atoms with Gasteiger partial charge in [0.25, 0.3) is 5.91 Å². The highest BCUT2D eigenvalue weighted by Gasteiger charge is 2.46. The van der Waals surface area contributed by atoms with Gasteiger partial charge in [-0.15, -0.1) is 0 Å². The Kier molecular flexibility index (Phi) is 4.54. The predicted octanol–water partition coefficient (Wildman–Crippen LogP) is -2.51. The summed E-state index contributed by atoms with van der Waals surface area (Å²) in [6.45, 7) is -0.702. The van der Waals surface area contributed by atoms with E-state index in [0.29, 0.717) is 0 Å². The van der Waals surface area contributed by atoms with Gasteiger partial charge in [-0.1, -0.05) is 0 Å². The van der Waals surface area contributed by atoms with E-state index in [-0.39, 0.29) is 5.69 Å². The average Bonchev–Trinajstić information content (AvgIpc) is 2.90. The first-order chi connectivity index (χ1) is 10.1. The molecular weight excluding hydrogens is 325 g/mol. The minimum atomic E-state index is -4.78. The molecule has 0 bridgehead atoms. The maximum atomic E-state index is 11.0. The highest BCUT2D eigenvalue weighted by atomic mass is 31.2. The van der Waals surface area contributed by atoms with Crippen molar-refractivity contribution in [1.82, 2.24) is 10.2 Å². The number of aromatic nitrogens is 2. The second-order valence-corrected chi connectivity index (χ2v) is 5.80. The number of aromatic amines is 1. The molecule has 1 unspecified atom stereocenters. The quantitative estimate of drug-likeness (QED) is 0.280. The fourth-order valence-corrected chi connectivity index (χ4v) is 2.34. The van der Waals surface area contributed by atoms with E-state index < -0.39 is 56.2 Å². The summed E-state index contributed by atoms with van der Waals surface area (Å²) in [5.41, 5.74) is 4.30. The van der Waals surface area contributed by atoms with Crippen molar-refractivity contribution in [3.63, 3.8) is 0 Å². The third kappa shape index (κ3) is 3.28. The minimum absolute atomic E-state index is 0.279. The number of primary amides is 1. The topological polar surface area (TPSA) is 208 Å². The SMILES string of the molecule is NC(=O)c1[nH]nc(C2O[C@H](COP(=O)(O)O)[C@H](O)[C@@H]2O)c1O. The third-order valence-corrected chi connectivity index (χ3v) is 3.54. The van der Waals surface area contributed by atoms with Crippen LogP contribution < -0.4 is 5.73 Å². The standard InChI is InChI=1S/C9H14N3O9P/c10-9(16)4-6(14)3(11-12-4)8-7(15)5(13)2(21-8)1-20-22(17,18)19/h2,5,7-8,13-15H,1H2,(H2,10,16)(H,11,12)(H2,17,18,19)/t2-,5+,7+,8?/m1/s1. The number of phosphoric ester groups is 1. The van der Waals surface area contributed by atoms with Crippen LogP contribution in [0.4, 0.5) is 0 Å². The van der Waals surface area contributed by atoms with Crippen LogP contribution >= 0.6 is 7.82 Å². The Morgan fingerprint density at radius 1 is 1.41 bits per heavy atom. The number of phosphoric acid groups is 1. The summed E-state index contributed by atoms with van der Waals surface area (Å²) in [4.78, 5) is 28.2. The Labute approximate surface area is 122 Å². The van der Waals surface area contributed by atoms with Gasteiger partial charge >= 0.3 is 7.82 Å². The van der Waals surface area contributed by atoms with E-state index in [0.717, 1.165) is 0 Å². The number of ether oxygens (including phenoxy) is 1. The highest BCUT2D eigenvalue weighted by molar-refractivity contribution is 7.46. The first kappa shape index (κ1) is 16.8. The molecule has 8 N–H and O–H groups in total. The maximum Gasteiger partial charge on any atom is 0.469 e. The lowest BCUT2D eigenvalue weighted by atomic mass is 10.1. The van der Waals surface area contributed by atoms with Crippen molar-refractivity contribution in [2.45, 2.75) is 24.4 Å². The van der Waals surface area contributed by atoms with Crippen LogP contribution in [0.2, 0.25) is 0 Å². The Bertz CT molecular complexity index is 613. The Hall–Kier alpha value is -1.53. The van der Waals surface area contributed by atoms with Crippen molar-refractivity contribution in [2.75, 3.05) is 6.61 Å². The smallest absolute Gasteiger partial charge is 0.469 e. The number of nitrogens with two attached hydrogens (primary N) is 1. The number of nitrogens with zero attached hydrogens (tertiary/aromatic N) is 1. The molecule has 1 amide bonds. The summed E-state index contributed by atoms with van der Waals surface area (Å²) >= 11 is 0. The molecule has 1 aliphatic rings. The van der Waals surface area contributed by atoms with Crippen LogP contribution in [-0.2, 0) is 13.8 Å². The number of nitrogens with one attached hydrogen (secondary N) is 1. The number of aliphatic hydroxyl groups is 2. The zero-order chi connectivity index (χ0) is 16.7. The van der Waals surface area contributed by atoms with E-state index in [9.17, 15) is 24.7 Å². The van der Waals surface area contributed by atoms with E-state index >= 15 is 0 Å². The number of aromatic hydroxyl groups is 1. The van der Waals surface area contributed by atoms with Crippen LogP contribution in [0.3, 0.4) is 0 Å². The van der Waals surface area contributed by atoms with Gasteiger partial charge in [0.1, 0.15) is 30.1 Å². The summed E-state index contributed by atoms with van der Waals surface area (Å²) < 4.78 is 20.0. The lowest BCUT2D eigenvalue weighted by Gasteiger charge is -2.14. The zero-order valence-electron chi connectivity index (χ0n) is 10.9. The van der Waals surface area contributed by atoms with E-state index in [1.54, 1.807) is 0 Å². The molecule has 12 nitrogen and oxygen atoms in total. The Balaban J connectivity index is 2.16. The molecule has 2 heterocycles. The number of aliphatic hydroxyl groups excluding tert-OH is 2. The molecule has 0 radical (unpaired) electrons. The van der Waals surface area contributed by atoms with Gasteiger partial charge in [-0.3, -0.25) is 14.4 Å². The zero-order valence-corrected chi connectivity index (χ0v) is 11.8. The van der Waals surface area contributed by atoms with Crippen molar-refractivity contribution in [3.8, 4) is 5.75 Å². The number of rotatable bonds is 5. The number of hydrogen-bond acceptors (Lipinski definition) is 8. The van der Waals surface area contributed by atoms with Gasteiger partial charge in [0.15, 0.2) is 11.4 Å². The number of carbonyl (C=O) groups excluding carboxylic acids is 1. The van der Waals surface area contributed by atoms with Crippen molar-refractivity contribution in [2.24, 2.45) is 5.73 Å². The molecule has 0 spiro atoms. The van der Waals surface area contributed by atoms with Crippen molar-refractivity contribution in [3.05, 3.63) is 11.4 Å². The molecule has 1 fully saturated rings. The second-order valence-electron chi connectivity index (χ2n) is 4.56. The second kappa shape index (κ2) is 5.93. The minimum Gasteiger partial charge on any atom is -0.504 e. The van der Waals surface area contributed by atoms with Crippen LogP contribution in [0.15, 0.2) is 0 Å². The van der Waals surface area contributed by atoms with Gasteiger partial charge in [-0.2, -0.15) is 5.10 Å². The Morgan fingerprint density at radius 3 is 2.55 bits per heavy atom. The molecule has 1 aromatic rings. The monoisotopic (exact) mass is 339 g/mol. The third-order valence-electron chi connectivity index (χ3n) is 3.05. The summed E-state index contributed by atoms with van der Waals surface area (Å²) in [6.07, 6.45) is -5.74. The van der Waals surface area contributed by atoms with E-state index in [1.165, 1.54) is 0 Å². The van der Waals surface area contributed by atoms with E-state index in [1.807, 2.05) is 0 Å². The molecule has 2 rings (SSSR count). The highest BCUT2D eigenvalue weighted by Crippen LogP contribution is 2.41. The van der Waals surface area contributed by atoms with Gasteiger partial charge in [-0.25, -0.2) is 4.57 Å². The van der Waals surface area contributed by atoms with Crippen LogP contribution in [0.25, 0.3) is 0 Å². The summed E-state index contributed by atoms with van der Waals surface area (Å²) in [5, 5.41) is 35.2. The van der Waals surface area contributed by atoms with Crippen molar-refractivity contribution < 1.29 is 43.7 Å². The maximum absolute atomic E-state index is 11.0. The summed E-state index contributed by atoms with van der Waals surface area (Å²) in [7, 11) is -4.78. The molecule has 124 valence electrons. The largest absolute Gasteiger partial charge is 0.504 e. The van der Waals surface area contributed by atoms with Gasteiger partial charge in [-0.05, 0) is 0 Å². The van der Waals surface area contributed by atoms with Gasteiger partial charge < -0.3 is 35.6 Å². The fraction of sp³-hybridized carbons (Fsp3) is 0.556. The molecule has 1 saturated heterocycles. The molecular formula is C9H14N3O9P. The molecule has 1 aliphatic heterocycles. The van der Waals surface area contributed by atoms with E-state index in [2.05, 4.69) is 14.7 Å². The number of hydrogen-bond donors (Lipinski definition) is 7. The number of amides is 1. The molecule has 0 aliphatic carbocycles. The molecule has 22 heavy (non-hydrogen) atoms. The normalized spacial score (nSPS) is 28.9. The Morgan fingerprint density at radius 2 is 2.05 bits per heavy atom. The van der Waals surface area contributed by atoms with Crippen LogP contribution in [0.5, 0.6) is 5.75 Å². The first-order valence-corrected chi connectivity index (χ1v) is 7.43. The van der Waals surface area contributed by atoms with E-state index in [4.69, 9.17) is 20.3 Å². The molecule has 1 aromatic heterocycles. The van der Waals surface area contributed by atoms with Crippen molar-refractivity contribution >= 4 is 13.7 Å². The fourth-order valence-electron chi connectivity index (χ4n) is 2.00. The van der Waals surface area contributed by atoms with Gasteiger partial charge in [0, 0.05) is 0 Å². The first-order valence-electron chi connectivity index (χ1n) is 5.90. The van der Waals surface area contributed by atoms with Crippen molar-refractivity contribution in [1.29, 1.82) is 0 Å². The average molecular weight is 339 g/mol. The molecule has 0 saturated carbocycles.